The molecule has 2 amide bonds. The van der Waals surface area contributed by atoms with Gasteiger partial charge < -0.3 is 16.4 Å². The summed E-state index contributed by atoms with van der Waals surface area (Å²) in [6.45, 7) is 0.479. The van der Waals surface area contributed by atoms with Crippen LogP contribution in [-0.2, 0) is 6.54 Å². The number of carbonyl (C=O) groups excluding carboxylic acids is 2. The summed E-state index contributed by atoms with van der Waals surface area (Å²) in [6, 6.07) is 4.23. The van der Waals surface area contributed by atoms with E-state index >= 15 is 0 Å². The molecule has 134 valence electrons. The first-order valence-electron chi connectivity index (χ1n) is 7.11. The van der Waals surface area contributed by atoms with Crippen LogP contribution < -0.4 is 16.4 Å². The molecule has 10 heteroatoms. The molecule has 1 aromatic carbocycles. The van der Waals surface area contributed by atoms with Crippen molar-refractivity contribution >= 4 is 28.8 Å². The van der Waals surface area contributed by atoms with Gasteiger partial charge in [-0.2, -0.15) is 13.2 Å². The number of nitrogens with two attached hydrogens (primary N) is 1. The number of thiazole rings is 1. The first-order chi connectivity index (χ1) is 11.7. The molecule has 1 aromatic heterocycles. The lowest BCUT2D eigenvalue weighted by Crippen LogP contribution is -2.33. The number of alkyl halides is 3. The lowest BCUT2D eigenvalue weighted by molar-refractivity contribution is -0.123. The predicted molar refractivity (Wildman–Crippen MR) is 87.5 cm³/mol. The average Bonchev–Trinajstić information content (AvgIpc) is 3.03. The van der Waals surface area contributed by atoms with Crippen LogP contribution in [-0.4, -0.2) is 29.5 Å². The quantitative estimate of drug-likeness (QED) is 0.751. The van der Waals surface area contributed by atoms with E-state index in [4.69, 9.17) is 5.73 Å². The molecule has 0 aliphatic carbocycles. The van der Waals surface area contributed by atoms with Crippen LogP contribution in [0.25, 0.3) is 0 Å². The summed E-state index contributed by atoms with van der Waals surface area (Å²) >= 11 is 1.24. The highest BCUT2D eigenvalue weighted by atomic mass is 32.1. The summed E-state index contributed by atoms with van der Waals surface area (Å²) in [5.74, 6) is -1.38. The maximum atomic E-state index is 12.2. The van der Waals surface area contributed by atoms with Gasteiger partial charge >= 0.3 is 6.18 Å². The molecule has 25 heavy (non-hydrogen) atoms. The number of nitrogens with one attached hydrogen (secondary N) is 2. The van der Waals surface area contributed by atoms with E-state index in [9.17, 15) is 22.8 Å². The molecule has 0 spiro atoms. The van der Waals surface area contributed by atoms with Crippen molar-refractivity contribution < 1.29 is 22.8 Å². The van der Waals surface area contributed by atoms with Crippen LogP contribution in [0.4, 0.5) is 18.9 Å². The fourth-order valence-electron chi connectivity index (χ4n) is 1.88. The topological polar surface area (TPSA) is 97.1 Å². The number of hydrogen-bond acceptors (Lipinski definition) is 5. The van der Waals surface area contributed by atoms with Crippen LogP contribution in [0.5, 0.6) is 0 Å². The Hall–Kier alpha value is -2.46. The fraction of sp³-hybridized carbons (Fsp3) is 0.267. The van der Waals surface area contributed by atoms with Crippen LogP contribution in [0.2, 0.25) is 0 Å². The van der Waals surface area contributed by atoms with Gasteiger partial charge in [0.05, 0.1) is 0 Å². The lowest BCUT2D eigenvalue weighted by Gasteiger charge is -2.11. The number of halogens is 3. The first kappa shape index (κ1) is 18.9. The number of carbonyl (C=O) groups is 2. The monoisotopic (exact) mass is 372 g/mol. The SMILES string of the molecule is Cc1ccc(C(=O)NCC(F)(F)F)cc1NC(=O)c1csc(CN)n1. The Kier molecular flexibility index (Phi) is 5.75. The second kappa shape index (κ2) is 7.62. The molecule has 0 bridgehead atoms. The standard InChI is InChI=1S/C15H15F3N4O2S/c1-8-2-3-9(13(23)20-7-15(16,17)18)4-10(8)22-14(24)11-6-25-12(5-19)21-11/h2-4,6H,5,7,19H2,1H3,(H,20,23)(H,22,24). The molecule has 0 aliphatic heterocycles. The minimum absolute atomic E-state index is 0.00563. The van der Waals surface area contributed by atoms with Gasteiger partial charge in [-0.15, -0.1) is 11.3 Å². The molecule has 0 atom stereocenters. The Morgan fingerprint density at radius 2 is 2.00 bits per heavy atom. The van der Waals surface area contributed by atoms with Gasteiger partial charge in [0, 0.05) is 23.2 Å². The first-order valence-corrected chi connectivity index (χ1v) is 7.99. The smallest absolute Gasteiger partial charge is 0.343 e. The van der Waals surface area contributed by atoms with Crippen LogP contribution in [0.3, 0.4) is 0 Å². The Bertz CT molecular complexity index is 789. The molecular weight excluding hydrogens is 357 g/mol. The Labute approximate surface area is 145 Å². The minimum atomic E-state index is -4.50. The molecule has 0 saturated heterocycles. The summed E-state index contributed by atoms with van der Waals surface area (Å²) in [5.41, 5.74) is 6.59. The van der Waals surface area contributed by atoms with Crippen molar-refractivity contribution in [3.8, 4) is 0 Å². The molecule has 6 nitrogen and oxygen atoms in total. The largest absolute Gasteiger partial charge is 0.405 e. The summed E-state index contributed by atoms with van der Waals surface area (Å²) in [7, 11) is 0. The number of amides is 2. The number of anilines is 1. The molecule has 4 N–H and O–H groups in total. The zero-order chi connectivity index (χ0) is 18.6. The number of hydrogen-bond donors (Lipinski definition) is 3. The zero-order valence-electron chi connectivity index (χ0n) is 13.1. The number of nitrogens with zero attached hydrogens (tertiary/aromatic N) is 1. The lowest BCUT2D eigenvalue weighted by atomic mass is 10.1. The maximum absolute atomic E-state index is 12.2. The van der Waals surface area contributed by atoms with Gasteiger partial charge in [0.2, 0.25) is 0 Å². The highest BCUT2D eigenvalue weighted by Gasteiger charge is 2.28. The molecule has 0 radical (unpaired) electrons. The molecule has 0 unspecified atom stereocenters. The molecule has 0 fully saturated rings. The highest BCUT2D eigenvalue weighted by Crippen LogP contribution is 2.19. The average molecular weight is 372 g/mol. The van der Waals surface area contributed by atoms with E-state index in [1.54, 1.807) is 17.6 Å². The van der Waals surface area contributed by atoms with Crippen molar-refractivity contribution in [3.63, 3.8) is 0 Å². The van der Waals surface area contributed by atoms with E-state index < -0.39 is 24.5 Å². The van der Waals surface area contributed by atoms with Crippen molar-refractivity contribution in [3.05, 3.63) is 45.4 Å². The van der Waals surface area contributed by atoms with Gasteiger partial charge in [-0.25, -0.2) is 4.98 Å². The Morgan fingerprint density at radius 3 is 2.60 bits per heavy atom. The summed E-state index contributed by atoms with van der Waals surface area (Å²) in [4.78, 5) is 28.0. The van der Waals surface area contributed by atoms with Gasteiger partial charge in [-0.3, -0.25) is 9.59 Å². The number of rotatable bonds is 5. The highest BCUT2D eigenvalue weighted by molar-refractivity contribution is 7.09. The van der Waals surface area contributed by atoms with Crippen LogP contribution >= 0.6 is 11.3 Å². The van der Waals surface area contributed by atoms with Crippen molar-refractivity contribution in [2.45, 2.75) is 19.6 Å². The number of benzene rings is 1. The van der Waals surface area contributed by atoms with Crippen molar-refractivity contribution in [2.24, 2.45) is 5.73 Å². The van der Waals surface area contributed by atoms with E-state index in [0.717, 1.165) is 0 Å². The van der Waals surface area contributed by atoms with Crippen molar-refractivity contribution in [2.75, 3.05) is 11.9 Å². The summed E-state index contributed by atoms with van der Waals surface area (Å²) < 4.78 is 36.5. The molecule has 0 saturated carbocycles. The predicted octanol–water partition coefficient (Wildman–Crippen LogP) is 2.45. The number of aryl methyl sites for hydroxylation is 1. The summed E-state index contributed by atoms with van der Waals surface area (Å²) in [6.07, 6.45) is -4.50. The molecule has 1 heterocycles. The second-order valence-electron chi connectivity index (χ2n) is 5.11. The third-order valence-corrected chi connectivity index (χ3v) is 4.03. The Morgan fingerprint density at radius 1 is 1.28 bits per heavy atom. The van der Waals surface area contributed by atoms with E-state index in [1.807, 2.05) is 0 Å². The van der Waals surface area contributed by atoms with Gasteiger partial charge in [-0.1, -0.05) is 6.07 Å². The van der Waals surface area contributed by atoms with E-state index in [2.05, 4.69) is 10.3 Å². The Balaban J connectivity index is 2.13. The maximum Gasteiger partial charge on any atom is 0.405 e. The van der Waals surface area contributed by atoms with Crippen LogP contribution in [0.1, 0.15) is 31.4 Å². The van der Waals surface area contributed by atoms with Gasteiger partial charge in [0.25, 0.3) is 11.8 Å². The van der Waals surface area contributed by atoms with Gasteiger partial charge in [-0.05, 0) is 24.6 Å². The number of aromatic nitrogens is 1. The van der Waals surface area contributed by atoms with E-state index in [1.165, 1.54) is 29.5 Å². The van der Waals surface area contributed by atoms with Crippen LogP contribution in [0, 0.1) is 6.92 Å². The van der Waals surface area contributed by atoms with Gasteiger partial charge in [0.15, 0.2) is 0 Å². The second-order valence-corrected chi connectivity index (χ2v) is 6.05. The summed E-state index contributed by atoms with van der Waals surface area (Å²) in [5, 5.41) is 6.52. The molecule has 2 aromatic rings. The van der Waals surface area contributed by atoms with Crippen molar-refractivity contribution in [1.29, 1.82) is 0 Å². The third kappa shape index (κ3) is 5.26. The fourth-order valence-corrected chi connectivity index (χ4v) is 2.53. The minimum Gasteiger partial charge on any atom is -0.343 e. The molecule has 2 rings (SSSR count). The van der Waals surface area contributed by atoms with E-state index in [0.29, 0.717) is 16.3 Å². The van der Waals surface area contributed by atoms with Crippen LogP contribution in [0.15, 0.2) is 23.6 Å². The molecular formula is C15H15F3N4O2S. The normalized spacial score (nSPS) is 11.2. The third-order valence-electron chi connectivity index (χ3n) is 3.16. The van der Waals surface area contributed by atoms with Gasteiger partial charge in [0.1, 0.15) is 17.2 Å². The van der Waals surface area contributed by atoms with E-state index in [-0.39, 0.29) is 17.8 Å². The molecule has 0 aliphatic rings. The van der Waals surface area contributed by atoms with Crippen molar-refractivity contribution in [1.82, 2.24) is 10.3 Å². The zero-order valence-corrected chi connectivity index (χ0v) is 13.9.